The summed E-state index contributed by atoms with van der Waals surface area (Å²) in [5, 5.41) is 0.350. The predicted octanol–water partition coefficient (Wildman–Crippen LogP) is 1.83. The van der Waals surface area contributed by atoms with E-state index in [0.29, 0.717) is 11.9 Å². The number of carbonyl (C=O) groups excluding carboxylic acids is 1. The number of anilines is 1. The molecule has 0 fully saturated rings. The highest BCUT2D eigenvalue weighted by atomic mass is 79.9. The van der Waals surface area contributed by atoms with Crippen molar-refractivity contribution >= 4 is 27.5 Å². The number of hydrogen-bond donors (Lipinski definition) is 0. The van der Waals surface area contributed by atoms with Crippen molar-refractivity contribution in [3.05, 3.63) is 24.5 Å². The summed E-state index contributed by atoms with van der Waals surface area (Å²) in [6.45, 7) is 2.62. The fourth-order valence-corrected chi connectivity index (χ4v) is 1.40. The maximum atomic E-state index is 11.4. The second-order valence-corrected chi connectivity index (χ2v) is 3.04. The van der Waals surface area contributed by atoms with Crippen molar-refractivity contribution in [3.8, 4) is 0 Å². The number of rotatable bonds is 3. The molecule has 0 spiro atoms. The third-order valence-electron chi connectivity index (χ3n) is 1.71. The zero-order valence-electron chi connectivity index (χ0n) is 7.40. The van der Waals surface area contributed by atoms with Crippen LogP contribution in [0.4, 0.5) is 5.69 Å². The highest BCUT2D eigenvalue weighted by Gasteiger charge is 2.10. The minimum atomic E-state index is 0.0636. The van der Waals surface area contributed by atoms with E-state index >= 15 is 0 Å². The van der Waals surface area contributed by atoms with Crippen LogP contribution in [0.2, 0.25) is 0 Å². The first kappa shape index (κ1) is 10.2. The van der Waals surface area contributed by atoms with Crippen LogP contribution in [-0.2, 0) is 4.79 Å². The molecule has 0 aromatic carbocycles. The van der Waals surface area contributed by atoms with Gasteiger partial charge in [0, 0.05) is 24.6 Å². The minimum Gasteiger partial charge on any atom is -0.312 e. The van der Waals surface area contributed by atoms with Gasteiger partial charge in [-0.05, 0) is 19.1 Å². The molecule has 1 aromatic rings. The molecule has 1 aromatic heterocycles. The molecule has 0 N–H and O–H groups in total. The highest BCUT2D eigenvalue weighted by molar-refractivity contribution is 9.09. The lowest BCUT2D eigenvalue weighted by molar-refractivity contribution is -0.116. The van der Waals surface area contributed by atoms with Gasteiger partial charge >= 0.3 is 0 Å². The molecule has 0 saturated carbocycles. The lowest BCUT2D eigenvalue weighted by Crippen LogP contribution is -2.31. The van der Waals surface area contributed by atoms with E-state index in [2.05, 4.69) is 20.9 Å². The first-order chi connectivity index (χ1) is 6.29. The summed E-state index contributed by atoms with van der Waals surface area (Å²) in [6, 6.07) is 3.65. The van der Waals surface area contributed by atoms with E-state index in [4.69, 9.17) is 0 Å². The van der Waals surface area contributed by atoms with Gasteiger partial charge in [0.15, 0.2) is 0 Å². The molecule has 0 atom stereocenters. The van der Waals surface area contributed by atoms with Crippen LogP contribution in [-0.4, -0.2) is 22.8 Å². The van der Waals surface area contributed by atoms with Crippen molar-refractivity contribution in [1.29, 1.82) is 0 Å². The van der Waals surface area contributed by atoms with E-state index < -0.39 is 0 Å². The van der Waals surface area contributed by atoms with Crippen molar-refractivity contribution in [2.24, 2.45) is 0 Å². The number of aromatic nitrogens is 1. The van der Waals surface area contributed by atoms with Gasteiger partial charge in [0.1, 0.15) is 0 Å². The van der Waals surface area contributed by atoms with Crippen molar-refractivity contribution < 1.29 is 4.79 Å². The Morgan fingerprint density at radius 1 is 1.54 bits per heavy atom. The van der Waals surface area contributed by atoms with E-state index in [1.165, 1.54) is 0 Å². The van der Waals surface area contributed by atoms with Gasteiger partial charge in [-0.15, -0.1) is 0 Å². The number of amides is 1. The molecular weight excluding hydrogens is 232 g/mol. The standard InChI is InChI=1S/C9H11BrN2O/c1-2-12(9(13)7-10)8-3-5-11-6-4-8/h3-6H,2,7H2,1H3. The second kappa shape index (κ2) is 4.97. The summed E-state index contributed by atoms with van der Waals surface area (Å²) in [4.78, 5) is 17.0. The molecule has 0 bridgehead atoms. The summed E-state index contributed by atoms with van der Waals surface area (Å²) >= 11 is 3.15. The van der Waals surface area contributed by atoms with Crippen LogP contribution >= 0.6 is 15.9 Å². The van der Waals surface area contributed by atoms with Gasteiger partial charge in [0.05, 0.1) is 5.33 Å². The van der Waals surface area contributed by atoms with E-state index in [1.54, 1.807) is 17.3 Å². The highest BCUT2D eigenvalue weighted by Crippen LogP contribution is 2.12. The Labute approximate surface area is 85.9 Å². The average molecular weight is 243 g/mol. The summed E-state index contributed by atoms with van der Waals surface area (Å²) in [5.74, 6) is 0.0636. The maximum Gasteiger partial charge on any atom is 0.237 e. The zero-order valence-corrected chi connectivity index (χ0v) is 8.99. The monoisotopic (exact) mass is 242 g/mol. The molecule has 0 aliphatic carbocycles. The Kier molecular flexibility index (Phi) is 3.89. The van der Waals surface area contributed by atoms with E-state index in [9.17, 15) is 4.79 Å². The Bertz CT molecular complexity index is 276. The summed E-state index contributed by atoms with van der Waals surface area (Å²) < 4.78 is 0. The van der Waals surface area contributed by atoms with Gasteiger partial charge < -0.3 is 4.90 Å². The first-order valence-corrected chi connectivity index (χ1v) is 5.18. The molecule has 0 aliphatic rings. The van der Waals surface area contributed by atoms with E-state index in [-0.39, 0.29) is 5.91 Å². The van der Waals surface area contributed by atoms with Crippen LogP contribution < -0.4 is 4.90 Å². The molecule has 70 valence electrons. The molecule has 1 amide bonds. The van der Waals surface area contributed by atoms with Gasteiger partial charge in [0.2, 0.25) is 5.91 Å². The Hall–Kier alpha value is -0.900. The summed E-state index contributed by atoms with van der Waals surface area (Å²) in [7, 11) is 0. The van der Waals surface area contributed by atoms with Gasteiger partial charge in [-0.25, -0.2) is 0 Å². The summed E-state index contributed by atoms with van der Waals surface area (Å²) in [5.41, 5.74) is 0.891. The van der Waals surface area contributed by atoms with E-state index in [1.807, 2.05) is 19.1 Å². The van der Waals surface area contributed by atoms with Gasteiger partial charge in [-0.1, -0.05) is 15.9 Å². The van der Waals surface area contributed by atoms with Crippen molar-refractivity contribution in [1.82, 2.24) is 4.98 Å². The van der Waals surface area contributed by atoms with Crippen LogP contribution in [0.5, 0.6) is 0 Å². The third-order valence-corrected chi connectivity index (χ3v) is 2.19. The largest absolute Gasteiger partial charge is 0.312 e. The molecule has 13 heavy (non-hydrogen) atoms. The number of alkyl halides is 1. The van der Waals surface area contributed by atoms with Gasteiger partial charge in [-0.2, -0.15) is 0 Å². The van der Waals surface area contributed by atoms with Crippen LogP contribution in [0.1, 0.15) is 6.92 Å². The van der Waals surface area contributed by atoms with Crippen LogP contribution in [0, 0.1) is 0 Å². The lowest BCUT2D eigenvalue weighted by atomic mass is 10.3. The van der Waals surface area contributed by atoms with Crippen LogP contribution in [0.25, 0.3) is 0 Å². The average Bonchev–Trinajstić information content (AvgIpc) is 2.20. The normalized spacial score (nSPS) is 9.69. The quantitative estimate of drug-likeness (QED) is 0.759. The fraction of sp³-hybridized carbons (Fsp3) is 0.333. The predicted molar refractivity (Wildman–Crippen MR) is 56.1 cm³/mol. The van der Waals surface area contributed by atoms with Gasteiger partial charge in [0.25, 0.3) is 0 Å². The van der Waals surface area contributed by atoms with Crippen molar-refractivity contribution in [2.75, 3.05) is 16.8 Å². The SMILES string of the molecule is CCN(C(=O)CBr)c1ccncc1. The Morgan fingerprint density at radius 3 is 2.62 bits per heavy atom. The number of pyridine rings is 1. The molecule has 1 rings (SSSR count). The van der Waals surface area contributed by atoms with Gasteiger partial charge in [-0.3, -0.25) is 9.78 Å². The van der Waals surface area contributed by atoms with E-state index in [0.717, 1.165) is 5.69 Å². The number of nitrogens with zero attached hydrogens (tertiary/aromatic N) is 2. The maximum absolute atomic E-state index is 11.4. The summed E-state index contributed by atoms with van der Waals surface area (Å²) in [6.07, 6.45) is 3.36. The molecule has 1 heterocycles. The molecular formula is C9H11BrN2O. The second-order valence-electron chi connectivity index (χ2n) is 2.48. The molecule has 0 radical (unpaired) electrons. The molecule has 0 saturated heterocycles. The fourth-order valence-electron chi connectivity index (χ4n) is 1.10. The Balaban J connectivity index is 2.85. The van der Waals surface area contributed by atoms with Crippen LogP contribution in [0.3, 0.4) is 0 Å². The zero-order chi connectivity index (χ0) is 9.68. The molecule has 0 aliphatic heterocycles. The molecule has 0 unspecified atom stereocenters. The smallest absolute Gasteiger partial charge is 0.237 e. The lowest BCUT2D eigenvalue weighted by Gasteiger charge is -2.19. The number of carbonyl (C=O) groups is 1. The number of halogens is 1. The molecule has 4 heteroatoms. The van der Waals surface area contributed by atoms with Crippen LogP contribution in [0.15, 0.2) is 24.5 Å². The number of hydrogen-bond acceptors (Lipinski definition) is 2. The minimum absolute atomic E-state index is 0.0636. The van der Waals surface area contributed by atoms with Crippen molar-refractivity contribution in [2.45, 2.75) is 6.92 Å². The third kappa shape index (κ3) is 2.52. The molecule has 3 nitrogen and oxygen atoms in total. The Morgan fingerprint density at radius 2 is 2.15 bits per heavy atom. The van der Waals surface area contributed by atoms with Crippen molar-refractivity contribution in [3.63, 3.8) is 0 Å². The first-order valence-electron chi connectivity index (χ1n) is 4.06. The topological polar surface area (TPSA) is 33.2 Å².